The first-order valence-electron chi connectivity index (χ1n) is 5.25. The Kier molecular flexibility index (Phi) is 4.19. The third kappa shape index (κ3) is 3.27. The van der Waals surface area contributed by atoms with Gasteiger partial charge in [0.1, 0.15) is 12.2 Å². The van der Waals surface area contributed by atoms with Crippen molar-refractivity contribution in [1.29, 1.82) is 0 Å². The van der Waals surface area contributed by atoms with E-state index in [0.717, 1.165) is 0 Å². The molecular weight excluding hydrogens is 224 g/mol. The van der Waals surface area contributed by atoms with Crippen molar-refractivity contribution in [1.82, 2.24) is 20.1 Å². The predicted octanol–water partition coefficient (Wildman–Crippen LogP) is 0.120. The van der Waals surface area contributed by atoms with Gasteiger partial charge >= 0.3 is 5.97 Å². The summed E-state index contributed by atoms with van der Waals surface area (Å²) < 4.78 is 0. The molecule has 1 aromatic heterocycles. The van der Waals surface area contributed by atoms with Gasteiger partial charge in [-0.2, -0.15) is 5.10 Å². The smallest absolute Gasteiger partial charge is 0.307 e. The van der Waals surface area contributed by atoms with Gasteiger partial charge in [-0.1, -0.05) is 13.8 Å². The Balaban J connectivity index is 2.60. The van der Waals surface area contributed by atoms with E-state index in [1.165, 1.54) is 18.2 Å². The van der Waals surface area contributed by atoms with Crippen LogP contribution in [0.15, 0.2) is 6.33 Å². The number of nitrogens with zero attached hydrogens (tertiary/aromatic N) is 3. The van der Waals surface area contributed by atoms with Crippen LogP contribution in [-0.4, -0.2) is 44.1 Å². The van der Waals surface area contributed by atoms with Gasteiger partial charge in [0.2, 0.25) is 5.91 Å². The maximum Gasteiger partial charge on any atom is 0.307 e. The molecule has 1 amide bonds. The van der Waals surface area contributed by atoms with Gasteiger partial charge in [-0.05, 0) is 0 Å². The largest absolute Gasteiger partial charge is 0.481 e. The van der Waals surface area contributed by atoms with Crippen molar-refractivity contribution in [2.75, 3.05) is 7.05 Å². The first-order chi connectivity index (χ1) is 7.93. The van der Waals surface area contributed by atoms with Gasteiger partial charge in [0.15, 0.2) is 0 Å². The van der Waals surface area contributed by atoms with Gasteiger partial charge in [-0.25, -0.2) is 4.98 Å². The molecule has 2 unspecified atom stereocenters. The first kappa shape index (κ1) is 13.1. The first-order valence-corrected chi connectivity index (χ1v) is 5.25. The number of amides is 1. The van der Waals surface area contributed by atoms with Crippen LogP contribution in [0.4, 0.5) is 0 Å². The van der Waals surface area contributed by atoms with Crippen LogP contribution in [0.2, 0.25) is 0 Å². The van der Waals surface area contributed by atoms with E-state index in [1.54, 1.807) is 14.0 Å². The molecule has 7 nitrogen and oxygen atoms in total. The molecule has 1 rings (SSSR count). The highest BCUT2D eigenvalue weighted by atomic mass is 16.4. The van der Waals surface area contributed by atoms with Gasteiger partial charge in [-0.3, -0.25) is 14.7 Å². The minimum atomic E-state index is -0.973. The molecule has 0 spiro atoms. The second-order valence-corrected chi connectivity index (χ2v) is 4.04. The summed E-state index contributed by atoms with van der Waals surface area (Å²) in [7, 11) is 1.61. The molecule has 0 aliphatic carbocycles. The zero-order chi connectivity index (χ0) is 13.0. The second kappa shape index (κ2) is 5.42. The van der Waals surface area contributed by atoms with E-state index >= 15 is 0 Å². The monoisotopic (exact) mass is 240 g/mol. The Hall–Kier alpha value is -1.92. The fraction of sp³-hybridized carbons (Fsp3) is 0.600. The van der Waals surface area contributed by atoms with Crippen molar-refractivity contribution in [3.8, 4) is 0 Å². The predicted molar refractivity (Wildman–Crippen MR) is 58.8 cm³/mol. The van der Waals surface area contributed by atoms with Gasteiger partial charge in [0.25, 0.3) is 0 Å². The molecule has 17 heavy (non-hydrogen) atoms. The maximum atomic E-state index is 11.9. The van der Waals surface area contributed by atoms with Crippen LogP contribution in [0.1, 0.15) is 19.7 Å². The molecule has 0 fully saturated rings. The summed E-state index contributed by atoms with van der Waals surface area (Å²) >= 11 is 0. The molecule has 0 aromatic carbocycles. The fourth-order valence-corrected chi connectivity index (χ4v) is 1.38. The zero-order valence-corrected chi connectivity index (χ0v) is 10.0. The number of aliphatic carboxylic acids is 1. The zero-order valence-electron chi connectivity index (χ0n) is 10.0. The molecular formula is C10H16N4O3. The Morgan fingerprint density at radius 2 is 2.12 bits per heavy atom. The van der Waals surface area contributed by atoms with Crippen molar-refractivity contribution in [3.63, 3.8) is 0 Å². The van der Waals surface area contributed by atoms with Gasteiger partial charge < -0.3 is 10.0 Å². The minimum Gasteiger partial charge on any atom is -0.481 e. The number of nitrogens with one attached hydrogen (secondary N) is 1. The third-order valence-corrected chi connectivity index (χ3v) is 2.76. The van der Waals surface area contributed by atoms with E-state index in [-0.39, 0.29) is 12.5 Å². The molecule has 1 aromatic rings. The summed E-state index contributed by atoms with van der Waals surface area (Å²) in [5.74, 6) is -1.91. The number of carboxylic acids is 1. The number of rotatable bonds is 5. The van der Waals surface area contributed by atoms with Crippen molar-refractivity contribution >= 4 is 11.9 Å². The molecule has 0 saturated carbocycles. The molecule has 1 heterocycles. The number of carbonyl (C=O) groups is 2. The minimum absolute atomic E-state index is 0.226. The lowest BCUT2D eigenvalue weighted by Gasteiger charge is -2.22. The van der Waals surface area contributed by atoms with Crippen molar-refractivity contribution in [2.45, 2.75) is 20.4 Å². The molecule has 2 N–H and O–H groups in total. The van der Waals surface area contributed by atoms with Crippen LogP contribution in [0.25, 0.3) is 0 Å². The van der Waals surface area contributed by atoms with Crippen LogP contribution in [0, 0.1) is 11.8 Å². The van der Waals surface area contributed by atoms with Gasteiger partial charge in [-0.15, -0.1) is 0 Å². The highest BCUT2D eigenvalue weighted by Crippen LogP contribution is 2.14. The normalized spacial score (nSPS) is 14.1. The third-order valence-electron chi connectivity index (χ3n) is 2.76. The lowest BCUT2D eigenvalue weighted by atomic mass is 9.95. The molecule has 0 saturated heterocycles. The van der Waals surface area contributed by atoms with Crippen molar-refractivity contribution in [2.24, 2.45) is 11.8 Å². The summed E-state index contributed by atoms with van der Waals surface area (Å²) in [4.78, 5) is 28.0. The van der Waals surface area contributed by atoms with Crippen LogP contribution < -0.4 is 0 Å². The molecule has 0 radical (unpaired) electrons. The molecule has 94 valence electrons. The van der Waals surface area contributed by atoms with E-state index in [2.05, 4.69) is 15.2 Å². The number of carbonyl (C=O) groups excluding carboxylic acids is 1. The number of hydrogen-bond donors (Lipinski definition) is 2. The van der Waals surface area contributed by atoms with Crippen LogP contribution >= 0.6 is 0 Å². The Bertz CT molecular complexity index is 390. The summed E-state index contributed by atoms with van der Waals surface area (Å²) in [6, 6.07) is 0. The van der Waals surface area contributed by atoms with Gasteiger partial charge in [0, 0.05) is 13.0 Å². The van der Waals surface area contributed by atoms with Gasteiger partial charge in [0.05, 0.1) is 12.5 Å². The fourth-order valence-electron chi connectivity index (χ4n) is 1.38. The summed E-state index contributed by atoms with van der Waals surface area (Å²) in [6.07, 6.45) is 1.36. The second-order valence-electron chi connectivity index (χ2n) is 4.04. The Morgan fingerprint density at radius 1 is 1.47 bits per heavy atom. The topological polar surface area (TPSA) is 99.2 Å². The van der Waals surface area contributed by atoms with Crippen molar-refractivity contribution in [3.05, 3.63) is 12.2 Å². The quantitative estimate of drug-likeness (QED) is 0.761. The molecule has 0 aliphatic rings. The molecule has 0 bridgehead atoms. The number of H-pyrrole nitrogens is 1. The summed E-state index contributed by atoms with van der Waals surface area (Å²) in [5, 5.41) is 15.2. The van der Waals surface area contributed by atoms with E-state index < -0.39 is 17.8 Å². The number of hydrogen-bond acceptors (Lipinski definition) is 4. The van der Waals surface area contributed by atoms with E-state index in [0.29, 0.717) is 5.82 Å². The average molecular weight is 240 g/mol. The highest BCUT2D eigenvalue weighted by Gasteiger charge is 2.28. The molecule has 2 atom stereocenters. The van der Waals surface area contributed by atoms with Crippen molar-refractivity contribution < 1.29 is 14.7 Å². The van der Waals surface area contributed by atoms with Crippen LogP contribution in [0.3, 0.4) is 0 Å². The summed E-state index contributed by atoms with van der Waals surface area (Å²) in [5.41, 5.74) is 0. The SMILES string of the molecule is CC(C(=O)O)C(C)C(=O)N(C)Cc1ncn[nH]1. The number of aromatic amines is 1. The Morgan fingerprint density at radius 3 is 2.59 bits per heavy atom. The highest BCUT2D eigenvalue weighted by molar-refractivity contribution is 5.84. The lowest BCUT2D eigenvalue weighted by molar-refractivity contribution is -0.148. The maximum absolute atomic E-state index is 11.9. The van der Waals surface area contributed by atoms with Crippen LogP contribution in [0.5, 0.6) is 0 Å². The summed E-state index contributed by atoms with van der Waals surface area (Å²) in [6.45, 7) is 3.42. The average Bonchev–Trinajstić information content (AvgIpc) is 2.78. The standard InChI is InChI=1S/C10H16N4O3/c1-6(7(2)10(16)17)9(15)14(3)4-8-11-5-12-13-8/h5-7H,4H2,1-3H3,(H,16,17)(H,11,12,13). The number of carboxylic acid groups (broad SMARTS) is 1. The molecule has 7 heteroatoms. The van der Waals surface area contributed by atoms with Crippen LogP contribution in [-0.2, 0) is 16.1 Å². The molecule has 0 aliphatic heterocycles. The van der Waals surface area contributed by atoms with E-state index in [4.69, 9.17) is 5.11 Å². The van der Waals surface area contributed by atoms with E-state index in [9.17, 15) is 9.59 Å². The number of aromatic nitrogens is 3. The van der Waals surface area contributed by atoms with E-state index in [1.807, 2.05) is 0 Å². The lowest BCUT2D eigenvalue weighted by Crippen LogP contribution is -2.36. The Labute approximate surface area is 98.8 Å².